The van der Waals surface area contributed by atoms with Crippen molar-refractivity contribution in [2.75, 3.05) is 0 Å². The molecule has 0 aliphatic carbocycles. The lowest BCUT2D eigenvalue weighted by atomic mass is 10.0. The number of carbonyl (C=O) groups excluding carboxylic acids is 2. The number of hydrogen-bond donors (Lipinski definition) is 0. The second kappa shape index (κ2) is 9.92. The Morgan fingerprint density at radius 2 is 1.92 bits per heavy atom. The molecule has 0 radical (unpaired) electrons. The topological polar surface area (TPSA) is 59.9 Å². The van der Waals surface area contributed by atoms with Crippen molar-refractivity contribution in [1.29, 1.82) is 0 Å². The van der Waals surface area contributed by atoms with Crippen LogP contribution in [0.4, 0.5) is 0 Å². The van der Waals surface area contributed by atoms with Gasteiger partial charge in [0.15, 0.2) is 5.78 Å². The maximum absolute atomic E-state index is 12.6. The molecule has 0 aromatic carbocycles. The van der Waals surface area contributed by atoms with Gasteiger partial charge in [-0.15, -0.1) is 22.7 Å². The van der Waals surface area contributed by atoms with E-state index in [1.165, 1.54) is 11.3 Å². The van der Waals surface area contributed by atoms with E-state index >= 15 is 0 Å². The summed E-state index contributed by atoms with van der Waals surface area (Å²) in [6.45, 7) is 6.20. The molecule has 25 heavy (non-hydrogen) atoms. The Kier molecular flexibility index (Phi) is 7.90. The smallest absolute Gasteiger partial charge is 0.182 e. The normalized spacial score (nSPS) is 11.2. The van der Waals surface area contributed by atoms with Gasteiger partial charge in [-0.1, -0.05) is 27.2 Å². The zero-order valence-electron chi connectivity index (χ0n) is 15.2. The molecule has 0 amide bonds. The first-order valence-electron chi connectivity index (χ1n) is 8.94. The van der Waals surface area contributed by atoms with Crippen LogP contribution in [0.15, 0.2) is 10.9 Å². The molecular formula is C19H26N2O2S2. The molecule has 0 bridgehead atoms. The number of ketones is 2. The van der Waals surface area contributed by atoms with Crippen LogP contribution in [0, 0.1) is 5.92 Å². The summed E-state index contributed by atoms with van der Waals surface area (Å²) in [7, 11) is 0. The van der Waals surface area contributed by atoms with Crippen LogP contribution >= 0.6 is 22.7 Å². The fourth-order valence-electron chi connectivity index (χ4n) is 2.59. The number of carbonyl (C=O) groups is 2. The van der Waals surface area contributed by atoms with Crippen molar-refractivity contribution in [3.05, 3.63) is 21.5 Å². The van der Waals surface area contributed by atoms with Crippen molar-refractivity contribution in [2.45, 2.75) is 65.7 Å². The summed E-state index contributed by atoms with van der Waals surface area (Å²) in [6.07, 6.45) is 5.23. The van der Waals surface area contributed by atoms with Gasteiger partial charge in [-0.3, -0.25) is 9.59 Å². The molecule has 4 nitrogen and oxygen atoms in total. The molecule has 2 aromatic rings. The third-order valence-corrected chi connectivity index (χ3v) is 5.65. The van der Waals surface area contributed by atoms with Gasteiger partial charge in [0, 0.05) is 29.5 Å². The molecule has 2 aromatic heterocycles. The minimum absolute atomic E-state index is 0.121. The van der Waals surface area contributed by atoms with Crippen molar-refractivity contribution in [3.8, 4) is 10.7 Å². The van der Waals surface area contributed by atoms with Crippen LogP contribution in [0.3, 0.4) is 0 Å². The molecule has 0 unspecified atom stereocenters. The number of unbranched alkanes of at least 4 members (excludes halogenated alkanes) is 2. The van der Waals surface area contributed by atoms with Gasteiger partial charge < -0.3 is 0 Å². The van der Waals surface area contributed by atoms with Crippen LogP contribution < -0.4 is 0 Å². The predicted octanol–water partition coefficient (Wildman–Crippen LogP) is 5.58. The van der Waals surface area contributed by atoms with Gasteiger partial charge in [-0.2, -0.15) is 0 Å². The standard InChI is InChI=1S/C19H26N2O2S2/c1-4-14(22)8-6-5-7-9-16(23)18-17(10-13(2)3)25-19(21-18)15-11-24-12-20-15/h11-13H,4-10H2,1-3H3. The van der Waals surface area contributed by atoms with Crippen LogP contribution in [0.1, 0.15) is 74.7 Å². The van der Waals surface area contributed by atoms with Gasteiger partial charge in [-0.05, 0) is 25.2 Å². The third kappa shape index (κ3) is 6.12. The van der Waals surface area contributed by atoms with Gasteiger partial charge in [0.25, 0.3) is 0 Å². The molecular weight excluding hydrogens is 352 g/mol. The van der Waals surface area contributed by atoms with E-state index in [9.17, 15) is 9.59 Å². The summed E-state index contributed by atoms with van der Waals surface area (Å²) in [5.41, 5.74) is 3.28. The minimum Gasteiger partial charge on any atom is -0.300 e. The molecule has 0 spiro atoms. The molecule has 136 valence electrons. The van der Waals surface area contributed by atoms with Crippen LogP contribution in [0.5, 0.6) is 0 Å². The van der Waals surface area contributed by atoms with Gasteiger partial charge in [0.05, 0.1) is 5.51 Å². The zero-order valence-corrected chi connectivity index (χ0v) is 16.8. The van der Waals surface area contributed by atoms with Crippen molar-refractivity contribution in [1.82, 2.24) is 9.97 Å². The Morgan fingerprint density at radius 1 is 1.16 bits per heavy atom. The zero-order chi connectivity index (χ0) is 18.2. The van der Waals surface area contributed by atoms with Crippen molar-refractivity contribution < 1.29 is 9.59 Å². The summed E-state index contributed by atoms with van der Waals surface area (Å²) < 4.78 is 0. The maximum Gasteiger partial charge on any atom is 0.182 e. The van der Waals surface area contributed by atoms with Crippen molar-refractivity contribution in [3.63, 3.8) is 0 Å². The van der Waals surface area contributed by atoms with E-state index in [1.54, 1.807) is 16.8 Å². The SMILES string of the molecule is CCC(=O)CCCCCC(=O)c1nc(-c2cscn2)sc1CC(C)C. The molecule has 0 N–H and O–H groups in total. The quantitative estimate of drug-likeness (QED) is 0.378. The maximum atomic E-state index is 12.6. The molecule has 2 heterocycles. The highest BCUT2D eigenvalue weighted by Crippen LogP contribution is 2.30. The molecule has 0 aliphatic rings. The summed E-state index contributed by atoms with van der Waals surface area (Å²) in [5.74, 6) is 0.906. The van der Waals surface area contributed by atoms with Crippen molar-refractivity contribution >= 4 is 34.2 Å². The molecule has 0 saturated heterocycles. The van der Waals surface area contributed by atoms with E-state index < -0.39 is 0 Å². The average molecular weight is 379 g/mol. The summed E-state index contributed by atoms with van der Waals surface area (Å²) in [6, 6.07) is 0. The Labute approximate surface area is 157 Å². The lowest BCUT2D eigenvalue weighted by Gasteiger charge is -2.04. The Morgan fingerprint density at radius 3 is 2.56 bits per heavy atom. The van der Waals surface area contributed by atoms with E-state index in [1.807, 2.05) is 12.3 Å². The number of nitrogens with zero attached hydrogens (tertiary/aromatic N) is 2. The Balaban J connectivity index is 1.98. The highest BCUT2D eigenvalue weighted by atomic mass is 32.1. The van der Waals surface area contributed by atoms with E-state index in [0.29, 0.717) is 36.7 Å². The van der Waals surface area contributed by atoms with Gasteiger partial charge in [0.1, 0.15) is 22.2 Å². The fourth-order valence-corrected chi connectivity index (χ4v) is 4.46. The summed E-state index contributed by atoms with van der Waals surface area (Å²) in [5, 5.41) is 2.81. The first-order valence-corrected chi connectivity index (χ1v) is 10.7. The molecule has 2 rings (SSSR count). The predicted molar refractivity (Wildman–Crippen MR) is 104 cm³/mol. The van der Waals surface area contributed by atoms with Crippen LogP contribution in [0.2, 0.25) is 0 Å². The Hall–Kier alpha value is -1.40. The van der Waals surface area contributed by atoms with Crippen LogP contribution in [-0.4, -0.2) is 21.5 Å². The average Bonchev–Trinajstić information content (AvgIpc) is 3.23. The number of rotatable bonds is 11. The lowest BCUT2D eigenvalue weighted by molar-refractivity contribution is -0.118. The first-order chi connectivity index (χ1) is 12.0. The van der Waals surface area contributed by atoms with Crippen LogP contribution in [-0.2, 0) is 11.2 Å². The second-order valence-electron chi connectivity index (χ2n) is 6.64. The summed E-state index contributed by atoms with van der Waals surface area (Å²) >= 11 is 3.13. The number of hydrogen-bond acceptors (Lipinski definition) is 6. The van der Waals surface area contributed by atoms with E-state index in [4.69, 9.17) is 0 Å². The summed E-state index contributed by atoms with van der Waals surface area (Å²) in [4.78, 5) is 33.9. The van der Waals surface area contributed by atoms with Gasteiger partial charge in [0.2, 0.25) is 0 Å². The molecule has 0 aliphatic heterocycles. The number of thiazole rings is 2. The molecule has 0 saturated carbocycles. The molecule has 0 atom stereocenters. The molecule has 6 heteroatoms. The number of aromatic nitrogens is 2. The van der Waals surface area contributed by atoms with E-state index in [0.717, 1.165) is 41.3 Å². The monoisotopic (exact) mass is 378 g/mol. The number of Topliss-reactive ketones (excluding diaryl/α,β-unsaturated/α-hetero) is 2. The second-order valence-corrected chi connectivity index (χ2v) is 8.44. The highest BCUT2D eigenvalue weighted by molar-refractivity contribution is 7.15. The highest BCUT2D eigenvalue weighted by Gasteiger charge is 2.20. The molecule has 0 fully saturated rings. The Bertz CT molecular complexity index is 690. The van der Waals surface area contributed by atoms with Gasteiger partial charge >= 0.3 is 0 Å². The van der Waals surface area contributed by atoms with Crippen LogP contribution in [0.25, 0.3) is 10.7 Å². The fraction of sp³-hybridized carbons (Fsp3) is 0.579. The largest absolute Gasteiger partial charge is 0.300 e. The van der Waals surface area contributed by atoms with Gasteiger partial charge in [-0.25, -0.2) is 9.97 Å². The minimum atomic E-state index is 0.121. The van der Waals surface area contributed by atoms with E-state index in [-0.39, 0.29) is 5.78 Å². The lowest BCUT2D eigenvalue weighted by Crippen LogP contribution is -2.05. The third-order valence-electron chi connectivity index (χ3n) is 3.96. The van der Waals surface area contributed by atoms with E-state index in [2.05, 4.69) is 23.8 Å². The first kappa shape index (κ1) is 19.9. The van der Waals surface area contributed by atoms with Crippen molar-refractivity contribution in [2.24, 2.45) is 5.92 Å².